The summed E-state index contributed by atoms with van der Waals surface area (Å²) in [4.78, 5) is 12.2. The summed E-state index contributed by atoms with van der Waals surface area (Å²) < 4.78 is 45.8. The van der Waals surface area contributed by atoms with Crippen LogP contribution in [0.1, 0.15) is 32.9 Å². The van der Waals surface area contributed by atoms with Crippen molar-refractivity contribution < 1.29 is 22.7 Å². The van der Waals surface area contributed by atoms with Gasteiger partial charge in [0, 0.05) is 27.5 Å². The summed E-state index contributed by atoms with van der Waals surface area (Å²) in [5.41, 5.74) is 4.38. The van der Waals surface area contributed by atoms with Crippen LogP contribution in [0.25, 0.3) is 5.69 Å². The quantitative estimate of drug-likeness (QED) is 0.411. The third-order valence-corrected chi connectivity index (χ3v) is 4.91. The van der Waals surface area contributed by atoms with E-state index in [9.17, 15) is 18.0 Å². The van der Waals surface area contributed by atoms with Crippen LogP contribution < -0.4 is 10.2 Å². The van der Waals surface area contributed by atoms with Gasteiger partial charge in [0.1, 0.15) is 5.75 Å². The number of aryl methyl sites for hydroxylation is 1. The van der Waals surface area contributed by atoms with Gasteiger partial charge in [0.15, 0.2) is 0 Å². The van der Waals surface area contributed by atoms with Crippen molar-refractivity contribution in [3.63, 3.8) is 0 Å². The fourth-order valence-electron chi connectivity index (χ4n) is 3.19. The molecule has 0 unspecified atom stereocenters. The van der Waals surface area contributed by atoms with Crippen LogP contribution in [0, 0.1) is 13.8 Å². The molecule has 0 bridgehead atoms. The minimum absolute atomic E-state index is 0.138. The number of hydrazone groups is 1. The summed E-state index contributed by atoms with van der Waals surface area (Å²) in [6.07, 6.45) is -3.10. The zero-order valence-electron chi connectivity index (χ0n) is 16.9. The number of benzene rings is 2. The number of hydrogen-bond donors (Lipinski definition) is 1. The lowest BCUT2D eigenvalue weighted by Crippen LogP contribution is -2.18. The maximum atomic E-state index is 12.8. The first kappa shape index (κ1) is 22.4. The van der Waals surface area contributed by atoms with Gasteiger partial charge in [-0.15, -0.1) is 0 Å². The number of hydrogen-bond acceptors (Lipinski definition) is 3. The van der Waals surface area contributed by atoms with Crippen molar-refractivity contribution in [2.45, 2.75) is 20.0 Å². The molecular formula is C22H19ClF3N3O2. The lowest BCUT2D eigenvalue weighted by Gasteiger charge is -2.14. The molecule has 0 aliphatic heterocycles. The Kier molecular flexibility index (Phi) is 6.40. The van der Waals surface area contributed by atoms with Crippen molar-refractivity contribution in [2.75, 3.05) is 7.11 Å². The van der Waals surface area contributed by atoms with Gasteiger partial charge < -0.3 is 9.30 Å². The maximum absolute atomic E-state index is 12.8. The van der Waals surface area contributed by atoms with Crippen LogP contribution in [0.2, 0.25) is 5.02 Å². The predicted molar refractivity (Wildman–Crippen MR) is 113 cm³/mol. The highest BCUT2D eigenvalue weighted by molar-refractivity contribution is 6.30. The summed E-state index contributed by atoms with van der Waals surface area (Å²) in [6.45, 7) is 3.76. The predicted octanol–water partition coefficient (Wildman–Crippen LogP) is 5.54. The molecule has 0 fully saturated rings. The van der Waals surface area contributed by atoms with Crippen molar-refractivity contribution in [1.82, 2.24) is 9.99 Å². The maximum Gasteiger partial charge on any atom is 0.416 e. The van der Waals surface area contributed by atoms with E-state index in [2.05, 4.69) is 10.5 Å². The fraction of sp³-hybridized carbons (Fsp3) is 0.182. The second-order valence-corrected chi connectivity index (χ2v) is 7.19. The lowest BCUT2D eigenvalue weighted by molar-refractivity contribution is -0.137. The van der Waals surface area contributed by atoms with Crippen molar-refractivity contribution in [1.29, 1.82) is 0 Å². The topological polar surface area (TPSA) is 55.6 Å². The van der Waals surface area contributed by atoms with Crippen LogP contribution in [-0.4, -0.2) is 23.8 Å². The summed E-state index contributed by atoms with van der Waals surface area (Å²) in [5.74, 6) is -0.111. The van der Waals surface area contributed by atoms with Crippen LogP contribution in [0.5, 0.6) is 5.75 Å². The molecule has 0 aliphatic rings. The Morgan fingerprint density at radius 1 is 1.16 bits per heavy atom. The average molecular weight is 450 g/mol. The number of carbonyl (C=O) groups excluding carboxylic acids is 1. The van der Waals surface area contributed by atoms with Gasteiger partial charge in [0.25, 0.3) is 5.91 Å². The minimum atomic E-state index is -4.53. The zero-order chi connectivity index (χ0) is 22.8. The number of ether oxygens (including phenoxy) is 1. The summed E-state index contributed by atoms with van der Waals surface area (Å²) in [6, 6.07) is 11.3. The van der Waals surface area contributed by atoms with Crippen molar-refractivity contribution >= 4 is 23.7 Å². The molecule has 162 valence electrons. The summed E-state index contributed by atoms with van der Waals surface area (Å²) in [7, 11) is 1.56. The Morgan fingerprint density at radius 2 is 1.90 bits per heavy atom. The van der Waals surface area contributed by atoms with E-state index in [0.29, 0.717) is 16.3 Å². The molecule has 0 atom stereocenters. The number of rotatable bonds is 5. The van der Waals surface area contributed by atoms with E-state index in [1.165, 1.54) is 18.3 Å². The standard InChI is InChI=1S/C22H19ClF3N3O2/c1-13-9-16(14(2)29(13)19-11-18(23)7-8-20(19)31-3)12-27-28-21(30)15-5-4-6-17(10-15)22(24,25)26/h4-12H,1-3H3,(H,28,30)/b27-12-. The molecule has 3 aromatic rings. The van der Waals surface area contributed by atoms with Gasteiger partial charge in [0.05, 0.1) is 24.6 Å². The monoisotopic (exact) mass is 449 g/mol. The van der Waals surface area contributed by atoms with Crippen molar-refractivity contribution in [3.05, 3.63) is 81.6 Å². The highest BCUT2D eigenvalue weighted by Gasteiger charge is 2.30. The van der Waals surface area contributed by atoms with Crippen LogP contribution in [0.15, 0.2) is 53.6 Å². The molecule has 3 rings (SSSR count). The average Bonchev–Trinajstić information content (AvgIpc) is 3.00. The molecule has 1 heterocycles. The van der Waals surface area contributed by atoms with Gasteiger partial charge in [-0.3, -0.25) is 4.79 Å². The number of aromatic nitrogens is 1. The summed E-state index contributed by atoms with van der Waals surface area (Å²) >= 11 is 6.14. The van der Waals surface area contributed by atoms with Gasteiger partial charge in [0.2, 0.25) is 0 Å². The third kappa shape index (κ3) is 4.91. The van der Waals surface area contributed by atoms with Gasteiger partial charge in [-0.2, -0.15) is 18.3 Å². The number of alkyl halides is 3. The largest absolute Gasteiger partial charge is 0.495 e. The number of carbonyl (C=O) groups is 1. The zero-order valence-corrected chi connectivity index (χ0v) is 17.7. The molecule has 31 heavy (non-hydrogen) atoms. The molecule has 9 heteroatoms. The molecule has 0 saturated heterocycles. The Labute approximate surface area is 182 Å². The SMILES string of the molecule is COc1ccc(Cl)cc1-n1c(C)cc(/C=N\NC(=O)c2cccc(C(F)(F)F)c2)c1C. The number of amides is 1. The van der Waals surface area contributed by atoms with E-state index >= 15 is 0 Å². The first-order chi connectivity index (χ1) is 14.6. The molecule has 1 aromatic heterocycles. The molecule has 1 N–H and O–H groups in total. The Hall–Kier alpha value is -3.26. The summed E-state index contributed by atoms with van der Waals surface area (Å²) in [5, 5.41) is 4.45. The van der Waals surface area contributed by atoms with Crippen molar-refractivity contribution in [2.24, 2.45) is 5.10 Å². The number of methoxy groups -OCH3 is 1. The van der Waals surface area contributed by atoms with E-state index in [4.69, 9.17) is 16.3 Å². The van der Waals surface area contributed by atoms with E-state index in [1.807, 2.05) is 24.5 Å². The second kappa shape index (κ2) is 8.85. The minimum Gasteiger partial charge on any atom is -0.495 e. The molecule has 0 aliphatic carbocycles. The Morgan fingerprint density at radius 3 is 2.58 bits per heavy atom. The smallest absolute Gasteiger partial charge is 0.416 e. The first-order valence-electron chi connectivity index (χ1n) is 9.15. The van der Waals surface area contributed by atoms with E-state index < -0.39 is 17.6 Å². The highest BCUT2D eigenvalue weighted by Crippen LogP contribution is 2.31. The molecule has 0 radical (unpaired) electrons. The van der Waals surface area contributed by atoms with E-state index in [1.54, 1.807) is 25.3 Å². The van der Waals surface area contributed by atoms with Crippen LogP contribution in [0.3, 0.4) is 0 Å². The second-order valence-electron chi connectivity index (χ2n) is 6.76. The van der Waals surface area contributed by atoms with Crippen LogP contribution in [-0.2, 0) is 6.18 Å². The Bertz CT molecular complexity index is 1150. The molecule has 2 aromatic carbocycles. The lowest BCUT2D eigenvalue weighted by atomic mass is 10.1. The molecule has 0 saturated carbocycles. The normalized spacial score (nSPS) is 11.7. The van der Waals surface area contributed by atoms with Gasteiger partial charge in [-0.05, 0) is 56.3 Å². The number of nitrogens with zero attached hydrogens (tertiary/aromatic N) is 2. The fourth-order valence-corrected chi connectivity index (χ4v) is 3.36. The van der Waals surface area contributed by atoms with Crippen molar-refractivity contribution in [3.8, 4) is 11.4 Å². The van der Waals surface area contributed by atoms with Gasteiger partial charge in [-0.25, -0.2) is 5.43 Å². The van der Waals surface area contributed by atoms with Crippen LogP contribution in [0.4, 0.5) is 13.2 Å². The van der Waals surface area contributed by atoms with Crippen LogP contribution >= 0.6 is 11.6 Å². The molecule has 0 spiro atoms. The molecule has 1 amide bonds. The third-order valence-electron chi connectivity index (χ3n) is 4.67. The Balaban J connectivity index is 1.83. The molecule has 5 nitrogen and oxygen atoms in total. The van der Waals surface area contributed by atoms with E-state index in [0.717, 1.165) is 29.2 Å². The van der Waals surface area contributed by atoms with Gasteiger partial charge in [-0.1, -0.05) is 17.7 Å². The number of halogens is 4. The first-order valence-corrected chi connectivity index (χ1v) is 9.53. The highest BCUT2D eigenvalue weighted by atomic mass is 35.5. The van der Waals surface area contributed by atoms with E-state index in [-0.39, 0.29) is 5.56 Å². The number of nitrogens with one attached hydrogen (secondary N) is 1. The molecular weight excluding hydrogens is 431 g/mol. The van der Waals surface area contributed by atoms with Gasteiger partial charge >= 0.3 is 6.18 Å².